The standard InChI is InChI=1S/C12H16BrNO2/c13-11-5-3-9(4-6-11)10(2-1-7-14)8-12(15)16/h3-6,10H,1-2,7-8,14H2,(H,15,16). The van der Waals surface area contributed by atoms with Crippen molar-refractivity contribution in [3.8, 4) is 0 Å². The number of nitrogens with two attached hydrogens (primary N) is 1. The van der Waals surface area contributed by atoms with Crippen molar-refractivity contribution in [2.24, 2.45) is 5.73 Å². The highest BCUT2D eigenvalue weighted by Crippen LogP contribution is 2.26. The minimum absolute atomic E-state index is 0.0640. The van der Waals surface area contributed by atoms with Gasteiger partial charge in [-0.1, -0.05) is 28.1 Å². The molecule has 16 heavy (non-hydrogen) atoms. The summed E-state index contributed by atoms with van der Waals surface area (Å²) >= 11 is 3.36. The molecule has 0 heterocycles. The summed E-state index contributed by atoms with van der Waals surface area (Å²) in [6.45, 7) is 0.604. The van der Waals surface area contributed by atoms with Gasteiger partial charge in [0.2, 0.25) is 0 Å². The smallest absolute Gasteiger partial charge is 0.303 e. The summed E-state index contributed by atoms with van der Waals surface area (Å²) in [5.41, 5.74) is 6.52. The van der Waals surface area contributed by atoms with E-state index in [2.05, 4.69) is 15.9 Å². The molecule has 1 unspecified atom stereocenters. The number of rotatable bonds is 6. The summed E-state index contributed by atoms with van der Waals surface area (Å²) in [4.78, 5) is 10.8. The van der Waals surface area contributed by atoms with Crippen LogP contribution in [0.25, 0.3) is 0 Å². The second kappa shape index (κ2) is 6.66. The van der Waals surface area contributed by atoms with Crippen LogP contribution in [-0.2, 0) is 4.79 Å². The first-order valence-electron chi connectivity index (χ1n) is 5.31. The zero-order valence-corrected chi connectivity index (χ0v) is 10.6. The Bertz CT molecular complexity index is 337. The molecule has 0 spiro atoms. The molecule has 0 bridgehead atoms. The third-order valence-corrected chi connectivity index (χ3v) is 3.05. The lowest BCUT2D eigenvalue weighted by molar-refractivity contribution is -0.137. The van der Waals surface area contributed by atoms with E-state index in [9.17, 15) is 4.79 Å². The molecule has 0 fully saturated rings. The summed E-state index contributed by atoms with van der Waals surface area (Å²) in [5.74, 6) is -0.695. The van der Waals surface area contributed by atoms with E-state index in [1.54, 1.807) is 0 Å². The first kappa shape index (κ1) is 13.2. The van der Waals surface area contributed by atoms with Crippen molar-refractivity contribution in [3.63, 3.8) is 0 Å². The molecule has 1 aromatic carbocycles. The van der Waals surface area contributed by atoms with Gasteiger partial charge < -0.3 is 10.8 Å². The molecular formula is C12H16BrNO2. The summed E-state index contributed by atoms with van der Waals surface area (Å²) in [5, 5.41) is 8.86. The zero-order chi connectivity index (χ0) is 12.0. The van der Waals surface area contributed by atoms with Crippen LogP contribution in [0.15, 0.2) is 28.7 Å². The van der Waals surface area contributed by atoms with Gasteiger partial charge in [-0.3, -0.25) is 4.79 Å². The molecule has 1 atom stereocenters. The summed E-state index contributed by atoms with van der Waals surface area (Å²) < 4.78 is 1.00. The normalized spacial score (nSPS) is 12.4. The molecule has 4 heteroatoms. The predicted molar refractivity (Wildman–Crippen MR) is 67.4 cm³/mol. The van der Waals surface area contributed by atoms with Gasteiger partial charge in [-0.2, -0.15) is 0 Å². The van der Waals surface area contributed by atoms with Crippen LogP contribution in [0.4, 0.5) is 0 Å². The van der Waals surface area contributed by atoms with Crippen LogP contribution in [0.1, 0.15) is 30.7 Å². The molecule has 0 aliphatic carbocycles. The van der Waals surface area contributed by atoms with E-state index in [1.165, 1.54) is 0 Å². The molecule has 1 rings (SSSR count). The minimum Gasteiger partial charge on any atom is -0.481 e. The van der Waals surface area contributed by atoms with E-state index in [0.29, 0.717) is 6.54 Å². The lowest BCUT2D eigenvalue weighted by Crippen LogP contribution is -2.09. The quantitative estimate of drug-likeness (QED) is 0.845. The highest BCUT2D eigenvalue weighted by molar-refractivity contribution is 9.10. The van der Waals surface area contributed by atoms with Gasteiger partial charge in [-0.05, 0) is 43.0 Å². The summed E-state index contributed by atoms with van der Waals surface area (Å²) in [6.07, 6.45) is 1.85. The van der Waals surface area contributed by atoms with E-state index in [4.69, 9.17) is 10.8 Å². The molecular weight excluding hydrogens is 270 g/mol. The van der Waals surface area contributed by atoms with Gasteiger partial charge in [0.15, 0.2) is 0 Å². The third kappa shape index (κ3) is 4.33. The first-order valence-corrected chi connectivity index (χ1v) is 6.10. The average Bonchev–Trinajstić information content (AvgIpc) is 2.25. The number of carboxylic acids is 1. The number of carbonyl (C=O) groups is 1. The Morgan fingerprint density at radius 2 is 2.00 bits per heavy atom. The molecule has 0 amide bonds. The Labute approximate surface area is 104 Å². The van der Waals surface area contributed by atoms with Gasteiger partial charge in [0.1, 0.15) is 0 Å². The number of carboxylic acid groups (broad SMARTS) is 1. The van der Waals surface area contributed by atoms with Crippen molar-refractivity contribution in [2.45, 2.75) is 25.2 Å². The SMILES string of the molecule is NCCCC(CC(=O)O)c1ccc(Br)cc1. The molecule has 0 aliphatic heterocycles. The number of benzene rings is 1. The van der Waals surface area contributed by atoms with Crippen LogP contribution in [-0.4, -0.2) is 17.6 Å². The summed E-state index contributed by atoms with van der Waals surface area (Å²) in [7, 11) is 0. The number of halogens is 1. The Balaban J connectivity index is 2.74. The highest BCUT2D eigenvalue weighted by atomic mass is 79.9. The van der Waals surface area contributed by atoms with Crippen molar-refractivity contribution in [1.29, 1.82) is 0 Å². The van der Waals surface area contributed by atoms with Crippen molar-refractivity contribution >= 4 is 21.9 Å². The minimum atomic E-state index is -0.759. The molecule has 0 saturated heterocycles. The third-order valence-electron chi connectivity index (χ3n) is 2.52. The van der Waals surface area contributed by atoms with Crippen LogP contribution in [0, 0.1) is 0 Å². The Kier molecular flexibility index (Phi) is 5.49. The number of hydrogen-bond donors (Lipinski definition) is 2. The van der Waals surface area contributed by atoms with Gasteiger partial charge in [-0.15, -0.1) is 0 Å². The monoisotopic (exact) mass is 285 g/mol. The molecule has 0 aromatic heterocycles. The maximum absolute atomic E-state index is 10.8. The zero-order valence-electron chi connectivity index (χ0n) is 9.03. The van der Waals surface area contributed by atoms with Crippen molar-refractivity contribution in [3.05, 3.63) is 34.3 Å². The summed E-state index contributed by atoms with van der Waals surface area (Å²) in [6, 6.07) is 7.81. The Morgan fingerprint density at radius 3 is 2.50 bits per heavy atom. The molecule has 3 nitrogen and oxygen atoms in total. The second-order valence-corrected chi connectivity index (χ2v) is 4.69. The van der Waals surface area contributed by atoms with Crippen molar-refractivity contribution in [2.75, 3.05) is 6.54 Å². The second-order valence-electron chi connectivity index (χ2n) is 3.78. The van der Waals surface area contributed by atoms with Crippen LogP contribution >= 0.6 is 15.9 Å². The molecule has 0 saturated carbocycles. The largest absolute Gasteiger partial charge is 0.481 e. The lowest BCUT2D eigenvalue weighted by atomic mass is 9.91. The van der Waals surface area contributed by atoms with Crippen LogP contribution in [0.5, 0.6) is 0 Å². The highest BCUT2D eigenvalue weighted by Gasteiger charge is 2.14. The fourth-order valence-corrected chi connectivity index (χ4v) is 1.96. The lowest BCUT2D eigenvalue weighted by Gasteiger charge is -2.14. The Morgan fingerprint density at radius 1 is 1.38 bits per heavy atom. The number of hydrogen-bond acceptors (Lipinski definition) is 2. The van der Waals surface area contributed by atoms with Gasteiger partial charge in [0, 0.05) is 4.47 Å². The maximum atomic E-state index is 10.8. The topological polar surface area (TPSA) is 63.3 Å². The fraction of sp³-hybridized carbons (Fsp3) is 0.417. The molecule has 0 aliphatic rings. The predicted octanol–water partition coefficient (Wildman–Crippen LogP) is 2.75. The van der Waals surface area contributed by atoms with E-state index >= 15 is 0 Å². The average molecular weight is 286 g/mol. The van der Waals surface area contributed by atoms with Crippen LogP contribution < -0.4 is 5.73 Å². The van der Waals surface area contributed by atoms with Crippen LogP contribution in [0.2, 0.25) is 0 Å². The molecule has 3 N–H and O–H groups in total. The maximum Gasteiger partial charge on any atom is 0.303 e. The van der Waals surface area contributed by atoms with E-state index in [-0.39, 0.29) is 12.3 Å². The van der Waals surface area contributed by atoms with E-state index < -0.39 is 5.97 Å². The van der Waals surface area contributed by atoms with Crippen molar-refractivity contribution < 1.29 is 9.90 Å². The molecule has 88 valence electrons. The Hall–Kier alpha value is -0.870. The van der Waals surface area contributed by atoms with E-state index in [1.807, 2.05) is 24.3 Å². The first-order chi connectivity index (χ1) is 7.63. The van der Waals surface area contributed by atoms with Gasteiger partial charge >= 0.3 is 5.97 Å². The van der Waals surface area contributed by atoms with Gasteiger partial charge in [0.05, 0.1) is 6.42 Å². The molecule has 0 radical (unpaired) electrons. The van der Waals surface area contributed by atoms with Crippen LogP contribution in [0.3, 0.4) is 0 Å². The number of aliphatic carboxylic acids is 1. The van der Waals surface area contributed by atoms with E-state index in [0.717, 1.165) is 22.9 Å². The fourth-order valence-electron chi connectivity index (χ4n) is 1.70. The molecule has 1 aromatic rings. The van der Waals surface area contributed by atoms with Gasteiger partial charge in [-0.25, -0.2) is 0 Å². The van der Waals surface area contributed by atoms with Crippen molar-refractivity contribution in [1.82, 2.24) is 0 Å². The van der Waals surface area contributed by atoms with Gasteiger partial charge in [0.25, 0.3) is 0 Å².